The van der Waals surface area contributed by atoms with Crippen LogP contribution in [0.5, 0.6) is 0 Å². The Morgan fingerprint density at radius 2 is 1.70 bits per heavy atom. The second-order valence-electron chi connectivity index (χ2n) is 4.04. The Balaban J connectivity index is 1.88. The average molecular weight is 419 g/mol. The fourth-order valence-corrected chi connectivity index (χ4v) is 2.22. The van der Waals surface area contributed by atoms with Crippen LogP contribution in [0, 0.1) is 0 Å². The van der Waals surface area contributed by atoms with Gasteiger partial charge in [0.2, 0.25) is 5.91 Å². The molecule has 0 aliphatic heterocycles. The maximum atomic E-state index is 11.8. The SMILES string of the molecule is O=C(CNc1ccc(Br)c(Cl)c1)Nc1ccc(Br)cc1. The van der Waals surface area contributed by atoms with E-state index in [0.717, 1.165) is 20.3 Å². The quantitative estimate of drug-likeness (QED) is 0.740. The van der Waals surface area contributed by atoms with Crippen LogP contribution < -0.4 is 10.6 Å². The molecule has 2 rings (SSSR count). The minimum Gasteiger partial charge on any atom is -0.376 e. The highest BCUT2D eigenvalue weighted by Crippen LogP contribution is 2.25. The Hall–Kier alpha value is -1.04. The molecule has 0 unspecified atom stereocenters. The molecule has 0 fully saturated rings. The molecule has 2 aromatic carbocycles. The zero-order valence-electron chi connectivity index (χ0n) is 10.3. The van der Waals surface area contributed by atoms with Crippen molar-refractivity contribution in [3.8, 4) is 0 Å². The molecule has 0 aliphatic carbocycles. The number of nitrogens with one attached hydrogen (secondary N) is 2. The Morgan fingerprint density at radius 3 is 2.35 bits per heavy atom. The third kappa shape index (κ3) is 4.51. The van der Waals surface area contributed by atoms with Crippen LogP contribution in [0.3, 0.4) is 0 Å². The predicted molar refractivity (Wildman–Crippen MR) is 90.4 cm³/mol. The Morgan fingerprint density at radius 1 is 1.05 bits per heavy atom. The number of carbonyl (C=O) groups is 1. The second kappa shape index (κ2) is 7.11. The minimum absolute atomic E-state index is 0.119. The van der Waals surface area contributed by atoms with Gasteiger partial charge in [-0.2, -0.15) is 0 Å². The highest BCUT2D eigenvalue weighted by Gasteiger charge is 2.03. The van der Waals surface area contributed by atoms with Gasteiger partial charge in [-0.15, -0.1) is 0 Å². The standard InChI is InChI=1S/C14H11Br2ClN2O/c15-9-1-3-10(4-2-9)19-14(20)8-18-11-5-6-12(16)13(17)7-11/h1-7,18H,8H2,(H,19,20). The largest absolute Gasteiger partial charge is 0.376 e. The summed E-state index contributed by atoms with van der Waals surface area (Å²) in [6.07, 6.45) is 0. The van der Waals surface area contributed by atoms with E-state index in [1.807, 2.05) is 36.4 Å². The number of halogens is 3. The van der Waals surface area contributed by atoms with Gasteiger partial charge in [0.15, 0.2) is 0 Å². The molecule has 2 N–H and O–H groups in total. The highest BCUT2D eigenvalue weighted by molar-refractivity contribution is 9.10. The summed E-state index contributed by atoms with van der Waals surface area (Å²) in [4.78, 5) is 11.8. The van der Waals surface area contributed by atoms with E-state index >= 15 is 0 Å². The first-order valence-corrected chi connectivity index (χ1v) is 7.75. The normalized spacial score (nSPS) is 10.2. The number of anilines is 2. The number of benzene rings is 2. The van der Waals surface area contributed by atoms with E-state index in [2.05, 4.69) is 42.5 Å². The minimum atomic E-state index is -0.119. The Bertz CT molecular complexity index is 617. The van der Waals surface area contributed by atoms with Crippen LogP contribution in [-0.2, 0) is 4.79 Å². The summed E-state index contributed by atoms with van der Waals surface area (Å²) < 4.78 is 1.79. The topological polar surface area (TPSA) is 41.1 Å². The van der Waals surface area contributed by atoms with Crippen LogP contribution in [0.15, 0.2) is 51.4 Å². The van der Waals surface area contributed by atoms with Gasteiger partial charge in [0, 0.05) is 20.3 Å². The first kappa shape index (κ1) is 15.4. The zero-order chi connectivity index (χ0) is 14.5. The van der Waals surface area contributed by atoms with Crippen molar-refractivity contribution < 1.29 is 4.79 Å². The van der Waals surface area contributed by atoms with Gasteiger partial charge in [-0.3, -0.25) is 4.79 Å². The summed E-state index contributed by atoms with van der Waals surface area (Å²) in [5.74, 6) is -0.119. The van der Waals surface area contributed by atoms with E-state index in [0.29, 0.717) is 5.02 Å². The van der Waals surface area contributed by atoms with E-state index < -0.39 is 0 Å². The van der Waals surface area contributed by atoms with Crippen LogP contribution in [0.4, 0.5) is 11.4 Å². The van der Waals surface area contributed by atoms with Crippen LogP contribution in [0.1, 0.15) is 0 Å². The van der Waals surface area contributed by atoms with Crippen molar-refractivity contribution in [2.45, 2.75) is 0 Å². The molecule has 3 nitrogen and oxygen atoms in total. The predicted octanol–water partition coefficient (Wildman–Crippen LogP) is 4.92. The molecule has 0 saturated heterocycles. The molecule has 1 amide bonds. The molecule has 0 spiro atoms. The molecule has 104 valence electrons. The molecule has 0 atom stereocenters. The van der Waals surface area contributed by atoms with Crippen molar-refractivity contribution >= 4 is 60.7 Å². The van der Waals surface area contributed by atoms with Crippen molar-refractivity contribution in [3.63, 3.8) is 0 Å². The molecular weight excluding hydrogens is 407 g/mol. The van der Waals surface area contributed by atoms with Crippen molar-refractivity contribution in [3.05, 3.63) is 56.4 Å². The maximum Gasteiger partial charge on any atom is 0.243 e. The van der Waals surface area contributed by atoms with Crippen LogP contribution in [0.25, 0.3) is 0 Å². The van der Waals surface area contributed by atoms with E-state index in [9.17, 15) is 4.79 Å². The summed E-state index contributed by atoms with van der Waals surface area (Å²) in [5, 5.41) is 6.42. The molecule has 0 saturated carbocycles. The van der Waals surface area contributed by atoms with Crippen LogP contribution >= 0.6 is 43.5 Å². The summed E-state index contributed by atoms with van der Waals surface area (Å²) in [6.45, 7) is 0.175. The molecule has 2 aromatic rings. The van der Waals surface area contributed by atoms with Crippen molar-refractivity contribution in [1.29, 1.82) is 0 Å². The number of amides is 1. The van der Waals surface area contributed by atoms with E-state index in [1.165, 1.54) is 0 Å². The van der Waals surface area contributed by atoms with Crippen molar-refractivity contribution in [2.24, 2.45) is 0 Å². The number of rotatable bonds is 4. The first-order chi connectivity index (χ1) is 9.54. The van der Waals surface area contributed by atoms with Crippen molar-refractivity contribution in [1.82, 2.24) is 0 Å². The van der Waals surface area contributed by atoms with Gasteiger partial charge in [-0.05, 0) is 58.4 Å². The van der Waals surface area contributed by atoms with Gasteiger partial charge < -0.3 is 10.6 Å². The fraction of sp³-hybridized carbons (Fsp3) is 0.0714. The summed E-state index contributed by atoms with van der Waals surface area (Å²) in [6, 6.07) is 12.9. The Kier molecular flexibility index (Phi) is 5.46. The number of hydrogen-bond acceptors (Lipinski definition) is 2. The zero-order valence-corrected chi connectivity index (χ0v) is 14.2. The second-order valence-corrected chi connectivity index (χ2v) is 6.21. The van der Waals surface area contributed by atoms with E-state index in [-0.39, 0.29) is 12.5 Å². The summed E-state index contributed by atoms with van der Waals surface area (Å²) >= 11 is 12.6. The first-order valence-electron chi connectivity index (χ1n) is 5.79. The molecule has 0 aliphatic rings. The maximum absolute atomic E-state index is 11.8. The van der Waals surface area contributed by atoms with Crippen LogP contribution in [-0.4, -0.2) is 12.5 Å². The number of carbonyl (C=O) groups excluding carboxylic acids is 1. The van der Waals surface area contributed by atoms with Crippen molar-refractivity contribution in [2.75, 3.05) is 17.2 Å². The molecule has 0 aromatic heterocycles. The van der Waals surface area contributed by atoms with Gasteiger partial charge in [0.1, 0.15) is 0 Å². The third-order valence-electron chi connectivity index (χ3n) is 2.50. The molecule has 0 radical (unpaired) electrons. The summed E-state index contributed by atoms with van der Waals surface area (Å²) in [5.41, 5.74) is 1.55. The van der Waals surface area contributed by atoms with E-state index in [4.69, 9.17) is 11.6 Å². The molecule has 20 heavy (non-hydrogen) atoms. The van der Waals surface area contributed by atoms with Gasteiger partial charge in [0.25, 0.3) is 0 Å². The lowest BCUT2D eigenvalue weighted by atomic mass is 10.3. The fourth-order valence-electron chi connectivity index (χ4n) is 1.53. The molecule has 0 heterocycles. The van der Waals surface area contributed by atoms with E-state index in [1.54, 1.807) is 6.07 Å². The van der Waals surface area contributed by atoms with Gasteiger partial charge in [0.05, 0.1) is 11.6 Å². The number of hydrogen-bond donors (Lipinski definition) is 2. The lowest BCUT2D eigenvalue weighted by Crippen LogP contribution is -2.21. The lowest BCUT2D eigenvalue weighted by Gasteiger charge is -2.08. The lowest BCUT2D eigenvalue weighted by molar-refractivity contribution is -0.114. The molecule has 6 heteroatoms. The highest BCUT2D eigenvalue weighted by atomic mass is 79.9. The van der Waals surface area contributed by atoms with Gasteiger partial charge in [-0.25, -0.2) is 0 Å². The third-order valence-corrected chi connectivity index (χ3v) is 4.26. The van der Waals surface area contributed by atoms with Gasteiger partial charge in [-0.1, -0.05) is 27.5 Å². The summed E-state index contributed by atoms with van der Waals surface area (Å²) in [7, 11) is 0. The molecule has 0 bridgehead atoms. The van der Waals surface area contributed by atoms with Gasteiger partial charge >= 0.3 is 0 Å². The smallest absolute Gasteiger partial charge is 0.243 e. The average Bonchev–Trinajstić information content (AvgIpc) is 2.43. The monoisotopic (exact) mass is 416 g/mol. The van der Waals surface area contributed by atoms with Crippen LogP contribution in [0.2, 0.25) is 5.02 Å². The Labute approximate surface area is 139 Å². The molecular formula is C14H11Br2ClN2O.